The van der Waals surface area contributed by atoms with Gasteiger partial charge in [0.15, 0.2) is 0 Å². The summed E-state index contributed by atoms with van der Waals surface area (Å²) in [7, 11) is 1.53. The lowest BCUT2D eigenvalue weighted by Gasteiger charge is -2.22. The quantitative estimate of drug-likeness (QED) is 0.814. The van der Waals surface area contributed by atoms with E-state index in [4.69, 9.17) is 9.84 Å². The number of carbonyl (C=O) groups is 1. The Kier molecular flexibility index (Phi) is 4.52. The van der Waals surface area contributed by atoms with Gasteiger partial charge in [-0.15, -0.1) is 0 Å². The number of benzene rings is 1. The van der Waals surface area contributed by atoms with E-state index in [1.54, 1.807) is 18.2 Å². The fourth-order valence-electron chi connectivity index (χ4n) is 1.30. The van der Waals surface area contributed by atoms with E-state index in [0.29, 0.717) is 17.9 Å². The second-order valence-corrected chi connectivity index (χ2v) is 4.71. The summed E-state index contributed by atoms with van der Waals surface area (Å²) in [5.74, 6) is 0.357. The number of aliphatic hydroxyl groups excluding tert-OH is 1. The normalized spacial score (nSPS) is 11.1. The van der Waals surface area contributed by atoms with Gasteiger partial charge in [0.1, 0.15) is 5.75 Å². The van der Waals surface area contributed by atoms with Gasteiger partial charge in [0.05, 0.1) is 12.7 Å². The molecule has 0 aromatic heterocycles. The lowest BCUT2D eigenvalue weighted by atomic mass is 9.95. The predicted octanol–water partition coefficient (Wildman–Crippen LogP) is 1.44. The van der Waals surface area contributed by atoms with Crippen molar-refractivity contribution in [3.63, 3.8) is 0 Å². The number of nitrogens with one attached hydrogen (secondary N) is 1. The van der Waals surface area contributed by atoms with Gasteiger partial charge in [0.25, 0.3) is 5.91 Å². The maximum Gasteiger partial charge on any atom is 0.255 e. The van der Waals surface area contributed by atoms with E-state index in [1.165, 1.54) is 7.11 Å². The first kappa shape index (κ1) is 13.5. The van der Waals surface area contributed by atoms with Crippen molar-refractivity contribution in [3.05, 3.63) is 29.8 Å². The molecule has 0 aliphatic rings. The molecule has 0 saturated carbocycles. The van der Waals surface area contributed by atoms with Crippen molar-refractivity contribution in [2.75, 3.05) is 20.3 Å². The maximum atomic E-state index is 11.9. The van der Waals surface area contributed by atoms with Crippen LogP contribution in [0.2, 0.25) is 0 Å². The van der Waals surface area contributed by atoms with Crippen molar-refractivity contribution in [1.82, 2.24) is 5.32 Å². The molecule has 4 heteroatoms. The van der Waals surface area contributed by atoms with Crippen molar-refractivity contribution in [2.45, 2.75) is 13.8 Å². The molecule has 0 unspecified atom stereocenters. The molecule has 1 amide bonds. The molecule has 1 aromatic carbocycles. The monoisotopic (exact) mass is 237 g/mol. The molecule has 0 aliphatic heterocycles. The molecule has 1 aromatic rings. The Balaban J connectivity index is 2.70. The zero-order chi connectivity index (χ0) is 12.9. The van der Waals surface area contributed by atoms with Gasteiger partial charge in [0, 0.05) is 18.6 Å². The summed E-state index contributed by atoms with van der Waals surface area (Å²) in [5.41, 5.74) is 0.182. The van der Waals surface area contributed by atoms with Gasteiger partial charge in [-0.05, 0) is 12.1 Å². The minimum absolute atomic E-state index is 0.0270. The standard InChI is InChI=1S/C13H19NO3/c1-13(2,9-15)8-14-12(16)10-6-4-5-7-11(10)17-3/h4-7,15H,8-9H2,1-3H3,(H,14,16). The molecule has 17 heavy (non-hydrogen) atoms. The molecule has 94 valence electrons. The number of carbonyl (C=O) groups excluding carboxylic acids is 1. The summed E-state index contributed by atoms with van der Waals surface area (Å²) < 4.78 is 5.11. The summed E-state index contributed by atoms with van der Waals surface area (Å²) in [5, 5.41) is 11.9. The summed E-state index contributed by atoms with van der Waals surface area (Å²) in [4.78, 5) is 11.9. The van der Waals surface area contributed by atoms with Gasteiger partial charge < -0.3 is 15.2 Å². The first-order chi connectivity index (χ1) is 8.00. The highest BCUT2D eigenvalue weighted by molar-refractivity contribution is 5.96. The number of amides is 1. The minimum Gasteiger partial charge on any atom is -0.496 e. The Morgan fingerprint density at radius 2 is 2.06 bits per heavy atom. The van der Waals surface area contributed by atoms with E-state index >= 15 is 0 Å². The van der Waals surface area contributed by atoms with Crippen LogP contribution in [0.3, 0.4) is 0 Å². The Labute approximate surface area is 102 Å². The number of methoxy groups -OCH3 is 1. The van der Waals surface area contributed by atoms with Crippen LogP contribution in [0, 0.1) is 5.41 Å². The van der Waals surface area contributed by atoms with Crippen LogP contribution in [0.1, 0.15) is 24.2 Å². The molecule has 4 nitrogen and oxygen atoms in total. The van der Waals surface area contributed by atoms with Crippen LogP contribution in [0.15, 0.2) is 24.3 Å². The van der Waals surface area contributed by atoms with E-state index in [-0.39, 0.29) is 17.9 Å². The SMILES string of the molecule is COc1ccccc1C(=O)NCC(C)(C)CO. The second kappa shape index (κ2) is 5.68. The second-order valence-electron chi connectivity index (χ2n) is 4.71. The smallest absolute Gasteiger partial charge is 0.255 e. The maximum absolute atomic E-state index is 11.9. The molecule has 0 heterocycles. The molecule has 1 rings (SSSR count). The molecular formula is C13H19NO3. The van der Waals surface area contributed by atoms with Crippen molar-refractivity contribution in [3.8, 4) is 5.75 Å². The predicted molar refractivity (Wildman–Crippen MR) is 66.2 cm³/mol. The molecule has 0 radical (unpaired) electrons. The zero-order valence-corrected chi connectivity index (χ0v) is 10.5. The number of ether oxygens (including phenoxy) is 1. The molecule has 2 N–H and O–H groups in total. The lowest BCUT2D eigenvalue weighted by Crippen LogP contribution is -2.36. The Hall–Kier alpha value is -1.55. The van der Waals surface area contributed by atoms with Crippen LogP contribution < -0.4 is 10.1 Å². The van der Waals surface area contributed by atoms with E-state index < -0.39 is 0 Å². The highest BCUT2D eigenvalue weighted by atomic mass is 16.5. The van der Waals surface area contributed by atoms with Crippen LogP contribution in [0.5, 0.6) is 5.75 Å². The van der Waals surface area contributed by atoms with Crippen LogP contribution in [0.25, 0.3) is 0 Å². The van der Waals surface area contributed by atoms with E-state index in [9.17, 15) is 4.79 Å². The number of aliphatic hydroxyl groups is 1. The Morgan fingerprint density at radius 1 is 1.41 bits per heavy atom. The topological polar surface area (TPSA) is 58.6 Å². The minimum atomic E-state index is -0.322. The van der Waals surface area contributed by atoms with Gasteiger partial charge in [0.2, 0.25) is 0 Å². The van der Waals surface area contributed by atoms with Crippen molar-refractivity contribution in [2.24, 2.45) is 5.41 Å². The molecule has 0 aliphatic carbocycles. The lowest BCUT2D eigenvalue weighted by molar-refractivity contribution is 0.0908. The number of rotatable bonds is 5. The molecule has 0 fully saturated rings. The Morgan fingerprint density at radius 3 is 2.65 bits per heavy atom. The van der Waals surface area contributed by atoms with Crippen molar-refractivity contribution in [1.29, 1.82) is 0 Å². The summed E-state index contributed by atoms with van der Waals surface area (Å²) in [6.07, 6.45) is 0. The van der Waals surface area contributed by atoms with Gasteiger partial charge in [-0.3, -0.25) is 4.79 Å². The molecule has 0 spiro atoms. The van der Waals surface area contributed by atoms with Crippen molar-refractivity contribution < 1.29 is 14.6 Å². The van der Waals surface area contributed by atoms with Gasteiger partial charge in [-0.2, -0.15) is 0 Å². The molecule has 0 saturated heterocycles. The van der Waals surface area contributed by atoms with Crippen LogP contribution >= 0.6 is 0 Å². The third-order valence-electron chi connectivity index (χ3n) is 2.51. The highest BCUT2D eigenvalue weighted by Gasteiger charge is 2.19. The summed E-state index contributed by atoms with van der Waals surface area (Å²) in [6, 6.07) is 7.05. The molecular weight excluding hydrogens is 218 g/mol. The average molecular weight is 237 g/mol. The fourth-order valence-corrected chi connectivity index (χ4v) is 1.30. The number of hydrogen-bond acceptors (Lipinski definition) is 3. The van der Waals surface area contributed by atoms with Crippen LogP contribution in [0.4, 0.5) is 0 Å². The summed E-state index contributed by atoms with van der Waals surface area (Å²) >= 11 is 0. The summed E-state index contributed by atoms with van der Waals surface area (Å²) in [6.45, 7) is 4.21. The first-order valence-electron chi connectivity index (χ1n) is 5.52. The van der Waals surface area contributed by atoms with E-state index in [0.717, 1.165) is 0 Å². The van der Waals surface area contributed by atoms with Crippen LogP contribution in [-0.4, -0.2) is 31.3 Å². The van der Waals surface area contributed by atoms with Gasteiger partial charge >= 0.3 is 0 Å². The zero-order valence-electron chi connectivity index (χ0n) is 10.5. The Bertz CT molecular complexity index is 388. The van der Waals surface area contributed by atoms with E-state index in [1.807, 2.05) is 19.9 Å². The average Bonchev–Trinajstić information content (AvgIpc) is 2.36. The van der Waals surface area contributed by atoms with Gasteiger partial charge in [-0.1, -0.05) is 26.0 Å². The number of para-hydroxylation sites is 1. The number of hydrogen-bond donors (Lipinski definition) is 2. The third kappa shape index (κ3) is 3.75. The third-order valence-corrected chi connectivity index (χ3v) is 2.51. The van der Waals surface area contributed by atoms with Crippen molar-refractivity contribution >= 4 is 5.91 Å². The largest absolute Gasteiger partial charge is 0.496 e. The van der Waals surface area contributed by atoms with Crippen LogP contribution in [-0.2, 0) is 0 Å². The first-order valence-corrected chi connectivity index (χ1v) is 5.52. The fraction of sp³-hybridized carbons (Fsp3) is 0.462. The molecule has 0 atom stereocenters. The van der Waals surface area contributed by atoms with E-state index in [2.05, 4.69) is 5.32 Å². The molecule has 0 bridgehead atoms. The highest BCUT2D eigenvalue weighted by Crippen LogP contribution is 2.18. The van der Waals surface area contributed by atoms with Gasteiger partial charge in [-0.25, -0.2) is 0 Å².